The summed E-state index contributed by atoms with van der Waals surface area (Å²) in [6.45, 7) is 10.8. The van der Waals surface area contributed by atoms with Crippen LogP contribution in [0.4, 0.5) is 0 Å². The van der Waals surface area contributed by atoms with Crippen LogP contribution in [0.3, 0.4) is 0 Å². The zero-order valence-electron chi connectivity index (χ0n) is 10.9. The van der Waals surface area contributed by atoms with Crippen molar-refractivity contribution in [3.8, 4) is 0 Å². The molecular formula is C15H20Zr. The van der Waals surface area contributed by atoms with E-state index in [2.05, 4.69) is 52.8 Å². The smallest absolute Gasteiger partial charge is 0.273 e. The topological polar surface area (TPSA) is 0 Å². The monoisotopic (exact) mass is 290 g/mol. The van der Waals surface area contributed by atoms with Crippen LogP contribution in [0, 0.1) is 18.1 Å². The zero-order valence-corrected chi connectivity index (χ0v) is 13.4. The van der Waals surface area contributed by atoms with Gasteiger partial charge in [-0.1, -0.05) is 26.7 Å². The SMILES string of the molecule is CC1=CC[C-]=C1.CC1=[C-]C(C)C(C)=C1C.[Zr+2]. The molecule has 2 aliphatic carbocycles. The Kier molecular flexibility index (Phi) is 7.15. The Hall–Kier alpha value is -0.157. The Labute approximate surface area is 119 Å². The van der Waals surface area contributed by atoms with Gasteiger partial charge >= 0.3 is 26.2 Å². The van der Waals surface area contributed by atoms with Crippen molar-refractivity contribution in [1.82, 2.24) is 0 Å². The Morgan fingerprint density at radius 3 is 1.94 bits per heavy atom. The number of allylic oxidation sites excluding steroid dienone is 8. The second-order valence-electron chi connectivity index (χ2n) is 4.30. The predicted molar refractivity (Wildman–Crippen MR) is 66.2 cm³/mol. The van der Waals surface area contributed by atoms with E-state index in [-0.39, 0.29) is 26.2 Å². The van der Waals surface area contributed by atoms with Crippen LogP contribution in [0.15, 0.2) is 34.4 Å². The van der Waals surface area contributed by atoms with Gasteiger partial charge in [0.05, 0.1) is 0 Å². The Morgan fingerprint density at radius 1 is 1.19 bits per heavy atom. The van der Waals surface area contributed by atoms with Crippen LogP contribution < -0.4 is 0 Å². The molecule has 0 nitrogen and oxygen atoms in total. The molecule has 0 N–H and O–H groups in total. The molecule has 2 rings (SSSR count). The molecule has 0 radical (unpaired) electrons. The molecule has 0 spiro atoms. The van der Waals surface area contributed by atoms with Gasteiger partial charge in [0.25, 0.3) is 0 Å². The predicted octanol–water partition coefficient (Wildman–Crippen LogP) is 4.42. The maximum atomic E-state index is 3.36. The first-order valence-corrected chi connectivity index (χ1v) is 5.53. The van der Waals surface area contributed by atoms with Crippen LogP contribution in [-0.4, -0.2) is 0 Å². The fraction of sp³-hybridized carbons (Fsp3) is 0.467. The summed E-state index contributed by atoms with van der Waals surface area (Å²) in [5.41, 5.74) is 5.59. The van der Waals surface area contributed by atoms with Crippen LogP contribution in [0.25, 0.3) is 0 Å². The molecule has 0 aromatic heterocycles. The van der Waals surface area contributed by atoms with E-state index in [4.69, 9.17) is 0 Å². The average molecular weight is 292 g/mol. The molecule has 0 aliphatic heterocycles. The minimum absolute atomic E-state index is 0. The summed E-state index contributed by atoms with van der Waals surface area (Å²) < 4.78 is 0. The molecule has 84 valence electrons. The summed E-state index contributed by atoms with van der Waals surface area (Å²) >= 11 is 0. The number of hydrogen-bond donors (Lipinski definition) is 0. The summed E-state index contributed by atoms with van der Waals surface area (Å²) in [7, 11) is 0. The molecule has 1 atom stereocenters. The van der Waals surface area contributed by atoms with Crippen LogP contribution >= 0.6 is 0 Å². The molecule has 0 saturated carbocycles. The van der Waals surface area contributed by atoms with Crippen LogP contribution in [0.1, 0.15) is 41.0 Å². The van der Waals surface area contributed by atoms with Gasteiger partial charge in [0.2, 0.25) is 0 Å². The Bertz CT molecular complexity index is 351. The fourth-order valence-corrected chi connectivity index (χ4v) is 1.66. The summed E-state index contributed by atoms with van der Waals surface area (Å²) in [5, 5.41) is 0. The Morgan fingerprint density at radius 2 is 1.81 bits per heavy atom. The summed E-state index contributed by atoms with van der Waals surface area (Å²) in [6, 6.07) is 0. The fourth-order valence-electron chi connectivity index (χ4n) is 1.66. The van der Waals surface area contributed by atoms with Gasteiger partial charge in [-0.05, 0) is 0 Å². The number of hydrogen-bond acceptors (Lipinski definition) is 0. The quantitative estimate of drug-likeness (QED) is 0.580. The van der Waals surface area contributed by atoms with E-state index < -0.39 is 0 Å². The molecule has 0 aromatic carbocycles. The first-order valence-electron chi connectivity index (χ1n) is 5.53. The summed E-state index contributed by atoms with van der Waals surface area (Å²) in [5.74, 6) is 0.560. The number of rotatable bonds is 0. The molecule has 2 aliphatic rings. The molecule has 0 saturated heterocycles. The van der Waals surface area contributed by atoms with Crippen molar-refractivity contribution in [3.05, 3.63) is 46.6 Å². The third-order valence-corrected chi connectivity index (χ3v) is 3.11. The molecule has 1 unspecified atom stereocenters. The molecule has 0 aromatic rings. The van der Waals surface area contributed by atoms with Crippen molar-refractivity contribution in [2.45, 2.75) is 41.0 Å². The van der Waals surface area contributed by atoms with E-state index in [0.29, 0.717) is 5.92 Å². The van der Waals surface area contributed by atoms with E-state index in [1.165, 1.54) is 22.3 Å². The minimum Gasteiger partial charge on any atom is -0.273 e. The molecule has 16 heavy (non-hydrogen) atoms. The van der Waals surface area contributed by atoms with Crippen molar-refractivity contribution in [3.63, 3.8) is 0 Å². The maximum absolute atomic E-state index is 3.36. The second-order valence-corrected chi connectivity index (χ2v) is 4.30. The van der Waals surface area contributed by atoms with Gasteiger partial charge in [-0.2, -0.15) is 17.2 Å². The average Bonchev–Trinajstić information content (AvgIpc) is 2.73. The van der Waals surface area contributed by atoms with Gasteiger partial charge in [0, 0.05) is 0 Å². The van der Waals surface area contributed by atoms with E-state index in [1.807, 2.05) is 6.08 Å². The normalized spacial score (nSPS) is 22.2. The van der Waals surface area contributed by atoms with Crippen molar-refractivity contribution in [2.75, 3.05) is 0 Å². The van der Waals surface area contributed by atoms with Gasteiger partial charge in [-0.15, -0.1) is 20.3 Å². The molecule has 1 heteroatoms. The standard InChI is InChI=1S/C9H13.C6H7.Zr/c1-6-5-7(2)9(4)8(6)3;1-6-4-2-3-5-6;/h6H,1-4H3;4-5H,2H2,1H3;/q2*-1;+2. The third kappa shape index (κ3) is 4.38. The van der Waals surface area contributed by atoms with Crippen molar-refractivity contribution >= 4 is 0 Å². The van der Waals surface area contributed by atoms with Crippen LogP contribution in [0.2, 0.25) is 0 Å². The van der Waals surface area contributed by atoms with Crippen LogP contribution in [0.5, 0.6) is 0 Å². The van der Waals surface area contributed by atoms with Gasteiger partial charge in [0.15, 0.2) is 0 Å². The first-order chi connectivity index (χ1) is 7.02. The van der Waals surface area contributed by atoms with E-state index in [1.54, 1.807) is 0 Å². The molecule has 0 fully saturated rings. The molecular weight excluding hydrogens is 271 g/mol. The maximum Gasteiger partial charge on any atom is 2.00 e. The van der Waals surface area contributed by atoms with Crippen LogP contribution in [-0.2, 0) is 26.2 Å². The van der Waals surface area contributed by atoms with Gasteiger partial charge in [0.1, 0.15) is 0 Å². The molecule has 0 bridgehead atoms. The van der Waals surface area contributed by atoms with E-state index >= 15 is 0 Å². The molecule has 0 heterocycles. The first kappa shape index (κ1) is 15.8. The van der Waals surface area contributed by atoms with Crippen molar-refractivity contribution < 1.29 is 26.2 Å². The minimum atomic E-state index is 0. The molecule has 0 amide bonds. The van der Waals surface area contributed by atoms with Crippen molar-refractivity contribution in [2.24, 2.45) is 5.92 Å². The summed E-state index contributed by atoms with van der Waals surface area (Å²) in [6.07, 6.45) is 11.6. The van der Waals surface area contributed by atoms with Crippen molar-refractivity contribution in [1.29, 1.82) is 0 Å². The zero-order chi connectivity index (χ0) is 11.4. The largest absolute Gasteiger partial charge is 2.00 e. The second kappa shape index (κ2) is 7.22. The van der Waals surface area contributed by atoms with Gasteiger partial charge < -0.3 is 0 Å². The summed E-state index contributed by atoms with van der Waals surface area (Å²) in [4.78, 5) is 0. The Balaban J connectivity index is 0.000000283. The van der Waals surface area contributed by atoms with Gasteiger partial charge in [-0.25, -0.2) is 17.2 Å². The van der Waals surface area contributed by atoms with E-state index in [0.717, 1.165) is 6.42 Å². The third-order valence-electron chi connectivity index (χ3n) is 3.11. The van der Waals surface area contributed by atoms with E-state index in [9.17, 15) is 0 Å². The van der Waals surface area contributed by atoms with Gasteiger partial charge in [-0.3, -0.25) is 12.2 Å².